The van der Waals surface area contributed by atoms with E-state index in [4.69, 9.17) is 9.47 Å². The normalized spacial score (nSPS) is 16.3. The number of carbonyl (C=O) groups is 2. The second kappa shape index (κ2) is 7.83. The second-order valence-electron chi connectivity index (χ2n) is 7.19. The van der Waals surface area contributed by atoms with Gasteiger partial charge >= 0.3 is 0 Å². The molecule has 1 aromatic heterocycles. The van der Waals surface area contributed by atoms with Crippen molar-refractivity contribution in [1.29, 1.82) is 0 Å². The van der Waals surface area contributed by atoms with E-state index in [0.717, 1.165) is 11.3 Å². The number of likely N-dealkylation sites (tertiary alicyclic amines) is 1. The van der Waals surface area contributed by atoms with E-state index < -0.39 is 0 Å². The van der Waals surface area contributed by atoms with Gasteiger partial charge in [-0.1, -0.05) is 6.92 Å². The van der Waals surface area contributed by atoms with Gasteiger partial charge in [0.1, 0.15) is 0 Å². The van der Waals surface area contributed by atoms with E-state index in [1.807, 2.05) is 17.0 Å². The fourth-order valence-corrected chi connectivity index (χ4v) is 4.78. The third-order valence-electron chi connectivity index (χ3n) is 5.35. The number of rotatable bonds is 4. The van der Waals surface area contributed by atoms with Crippen molar-refractivity contribution in [2.75, 3.05) is 25.2 Å². The van der Waals surface area contributed by atoms with E-state index in [1.165, 1.54) is 10.4 Å². The van der Waals surface area contributed by atoms with E-state index in [2.05, 4.69) is 19.2 Å². The van der Waals surface area contributed by atoms with Gasteiger partial charge < -0.3 is 19.7 Å². The zero-order chi connectivity index (χ0) is 19.7. The summed E-state index contributed by atoms with van der Waals surface area (Å²) >= 11 is 1.59. The number of hydrogen-bond acceptors (Lipinski definition) is 5. The minimum atomic E-state index is -0.0919. The van der Waals surface area contributed by atoms with Gasteiger partial charge in [-0.15, -0.1) is 11.3 Å². The first-order valence-electron chi connectivity index (χ1n) is 9.64. The Kier molecular flexibility index (Phi) is 5.26. The minimum absolute atomic E-state index is 0.00815. The van der Waals surface area contributed by atoms with Crippen LogP contribution in [0.2, 0.25) is 0 Å². The smallest absolute Gasteiger partial charge is 0.263 e. The highest BCUT2D eigenvalue weighted by atomic mass is 32.1. The quantitative estimate of drug-likeness (QED) is 0.847. The summed E-state index contributed by atoms with van der Waals surface area (Å²) < 4.78 is 10.6. The molecular weight excluding hydrogens is 376 g/mol. The Bertz CT molecular complexity index is 900. The molecule has 28 heavy (non-hydrogen) atoms. The van der Waals surface area contributed by atoms with Crippen molar-refractivity contribution < 1.29 is 19.1 Å². The number of piperidine rings is 1. The summed E-state index contributed by atoms with van der Waals surface area (Å²) in [6, 6.07) is 7.38. The lowest BCUT2D eigenvalue weighted by Gasteiger charge is -2.31. The molecule has 2 aromatic rings. The van der Waals surface area contributed by atoms with Gasteiger partial charge in [-0.05, 0) is 49.9 Å². The average Bonchev–Trinajstić information content (AvgIpc) is 3.33. The largest absolute Gasteiger partial charge is 0.454 e. The van der Waals surface area contributed by atoms with Crippen LogP contribution in [0.1, 0.15) is 39.9 Å². The first-order valence-corrected chi connectivity index (χ1v) is 10.5. The van der Waals surface area contributed by atoms with E-state index in [9.17, 15) is 9.59 Å². The molecule has 0 aliphatic carbocycles. The first kappa shape index (κ1) is 18.8. The number of fused-ring (bicyclic) bond motifs is 1. The number of ether oxygens (including phenoxy) is 2. The number of benzene rings is 1. The Morgan fingerprint density at radius 2 is 1.93 bits per heavy atom. The zero-order valence-corrected chi connectivity index (χ0v) is 16.9. The maximum atomic E-state index is 12.8. The molecule has 148 valence electrons. The summed E-state index contributed by atoms with van der Waals surface area (Å²) in [5.41, 5.74) is 1.89. The molecule has 2 aliphatic rings. The number of amides is 2. The van der Waals surface area contributed by atoms with Crippen molar-refractivity contribution in [2.45, 2.75) is 33.1 Å². The maximum Gasteiger partial charge on any atom is 0.263 e. The fraction of sp³-hybridized carbons (Fsp3) is 0.429. The minimum Gasteiger partial charge on any atom is -0.454 e. The molecule has 1 N–H and O–H groups in total. The Hall–Kier alpha value is -2.54. The van der Waals surface area contributed by atoms with Gasteiger partial charge in [-0.3, -0.25) is 9.59 Å². The topological polar surface area (TPSA) is 67.9 Å². The average molecular weight is 401 g/mol. The van der Waals surface area contributed by atoms with Crippen LogP contribution in [0, 0.1) is 12.8 Å². The zero-order valence-electron chi connectivity index (χ0n) is 16.1. The van der Waals surface area contributed by atoms with Gasteiger partial charge in [-0.2, -0.15) is 0 Å². The monoisotopic (exact) mass is 400 g/mol. The van der Waals surface area contributed by atoms with Crippen molar-refractivity contribution in [1.82, 2.24) is 4.90 Å². The molecule has 0 bridgehead atoms. The Labute approximate surface area is 168 Å². The van der Waals surface area contributed by atoms with Crippen molar-refractivity contribution in [3.8, 4) is 11.5 Å². The molecule has 2 aliphatic heterocycles. The number of nitrogens with one attached hydrogen (secondary N) is 1. The summed E-state index contributed by atoms with van der Waals surface area (Å²) in [5.74, 6) is 1.33. The predicted molar refractivity (Wildman–Crippen MR) is 108 cm³/mol. The van der Waals surface area contributed by atoms with Crippen LogP contribution in [0.15, 0.2) is 24.3 Å². The molecule has 1 fully saturated rings. The standard InChI is InChI=1S/C21H24N2O4S/c1-3-18-13(2)10-19(28-18)21(25)23-8-6-14(7-9-23)20(24)22-15-4-5-16-17(11-15)27-12-26-16/h4-5,10-11,14H,3,6-9,12H2,1-2H3,(H,22,24). The number of hydrogen-bond donors (Lipinski definition) is 1. The maximum absolute atomic E-state index is 12.8. The molecule has 1 saturated heterocycles. The molecular formula is C21H24N2O4S. The van der Waals surface area contributed by atoms with Crippen LogP contribution in [-0.4, -0.2) is 36.6 Å². The molecule has 7 heteroatoms. The van der Waals surface area contributed by atoms with Crippen molar-refractivity contribution >= 4 is 28.8 Å². The molecule has 0 atom stereocenters. The van der Waals surface area contributed by atoms with Crippen LogP contribution in [0.25, 0.3) is 0 Å². The third-order valence-corrected chi connectivity index (χ3v) is 6.71. The third kappa shape index (κ3) is 3.71. The molecule has 0 radical (unpaired) electrons. The molecule has 6 nitrogen and oxygen atoms in total. The SMILES string of the molecule is CCc1sc(C(=O)N2CCC(C(=O)Nc3ccc4c(c3)OCO4)CC2)cc1C. The van der Waals surface area contributed by atoms with Gasteiger partial charge in [0, 0.05) is 35.6 Å². The van der Waals surface area contributed by atoms with Gasteiger partial charge in [0.25, 0.3) is 5.91 Å². The van der Waals surface area contributed by atoms with Crippen LogP contribution < -0.4 is 14.8 Å². The second-order valence-corrected chi connectivity index (χ2v) is 8.33. The van der Waals surface area contributed by atoms with E-state index >= 15 is 0 Å². The summed E-state index contributed by atoms with van der Waals surface area (Å²) in [5, 5.41) is 2.96. The van der Waals surface area contributed by atoms with Crippen molar-refractivity contribution in [3.05, 3.63) is 39.6 Å². The molecule has 3 heterocycles. The molecule has 0 spiro atoms. The number of aryl methyl sites for hydroxylation is 2. The molecule has 2 amide bonds. The van der Waals surface area contributed by atoms with Crippen LogP contribution >= 0.6 is 11.3 Å². The molecule has 4 rings (SSSR count). The van der Waals surface area contributed by atoms with Crippen molar-refractivity contribution in [3.63, 3.8) is 0 Å². The Morgan fingerprint density at radius 1 is 1.18 bits per heavy atom. The van der Waals surface area contributed by atoms with Gasteiger partial charge in [0.2, 0.25) is 12.7 Å². The Morgan fingerprint density at radius 3 is 2.64 bits per heavy atom. The number of nitrogens with zero attached hydrogens (tertiary/aromatic N) is 1. The number of anilines is 1. The number of carbonyl (C=O) groups excluding carboxylic acids is 2. The van der Waals surface area contributed by atoms with E-state index in [0.29, 0.717) is 43.1 Å². The Balaban J connectivity index is 1.33. The first-order chi connectivity index (χ1) is 13.5. The van der Waals surface area contributed by atoms with Crippen LogP contribution in [0.5, 0.6) is 11.5 Å². The van der Waals surface area contributed by atoms with Gasteiger partial charge in [0.15, 0.2) is 11.5 Å². The van der Waals surface area contributed by atoms with E-state index in [1.54, 1.807) is 23.5 Å². The van der Waals surface area contributed by atoms with Crippen molar-refractivity contribution in [2.24, 2.45) is 5.92 Å². The van der Waals surface area contributed by atoms with E-state index in [-0.39, 0.29) is 24.5 Å². The molecule has 0 unspecified atom stereocenters. The summed E-state index contributed by atoms with van der Waals surface area (Å²) in [7, 11) is 0. The number of thiophene rings is 1. The lowest BCUT2D eigenvalue weighted by Crippen LogP contribution is -2.41. The lowest BCUT2D eigenvalue weighted by molar-refractivity contribution is -0.121. The predicted octanol–water partition coefficient (Wildman–Crippen LogP) is 3.84. The highest BCUT2D eigenvalue weighted by Gasteiger charge is 2.29. The molecule has 0 saturated carbocycles. The van der Waals surface area contributed by atoms with Gasteiger partial charge in [0.05, 0.1) is 4.88 Å². The van der Waals surface area contributed by atoms with Gasteiger partial charge in [-0.25, -0.2) is 0 Å². The lowest BCUT2D eigenvalue weighted by atomic mass is 9.95. The highest BCUT2D eigenvalue weighted by molar-refractivity contribution is 7.14. The fourth-order valence-electron chi connectivity index (χ4n) is 3.70. The summed E-state index contributed by atoms with van der Waals surface area (Å²) in [6.45, 7) is 5.59. The molecule has 1 aromatic carbocycles. The van der Waals surface area contributed by atoms with Crippen LogP contribution in [-0.2, 0) is 11.2 Å². The highest BCUT2D eigenvalue weighted by Crippen LogP contribution is 2.34. The summed E-state index contributed by atoms with van der Waals surface area (Å²) in [6.07, 6.45) is 2.30. The summed E-state index contributed by atoms with van der Waals surface area (Å²) in [4.78, 5) is 29.3. The van der Waals surface area contributed by atoms with Crippen LogP contribution in [0.3, 0.4) is 0 Å². The van der Waals surface area contributed by atoms with Crippen LogP contribution in [0.4, 0.5) is 5.69 Å².